The Morgan fingerprint density at radius 3 is 2.32 bits per heavy atom. The molecule has 0 aliphatic heterocycles. The summed E-state index contributed by atoms with van der Waals surface area (Å²) >= 11 is 0. The lowest BCUT2D eigenvalue weighted by molar-refractivity contribution is -0.120. The molecule has 3 atom stereocenters. The molecule has 0 spiro atoms. The topological polar surface area (TPSA) is 66.5 Å². The van der Waals surface area contributed by atoms with Gasteiger partial charge in [0.15, 0.2) is 0 Å². The van der Waals surface area contributed by atoms with Crippen molar-refractivity contribution in [3.8, 4) is 0 Å². The summed E-state index contributed by atoms with van der Waals surface area (Å²) in [6.45, 7) is 0. The quantitative estimate of drug-likeness (QED) is 0.864. The Hall–Kier alpha value is -1.66. The molecular formula is C16H20N2O3S. The van der Waals surface area contributed by atoms with E-state index >= 15 is 0 Å². The lowest BCUT2D eigenvalue weighted by Crippen LogP contribution is -2.26. The second kappa shape index (κ2) is 5.52. The first-order valence-corrected chi connectivity index (χ1v) is 8.84. The number of rotatable bonds is 4. The first-order valence-electron chi connectivity index (χ1n) is 7.39. The fraction of sp³-hybridized carbons (Fsp3) is 0.438. The van der Waals surface area contributed by atoms with Crippen LogP contribution in [0, 0.1) is 17.8 Å². The number of carbonyl (C=O) groups is 1. The number of hydrogen-bond donors (Lipinski definition) is 1. The normalized spacial score (nSPS) is 26.6. The van der Waals surface area contributed by atoms with E-state index in [9.17, 15) is 13.2 Å². The molecule has 0 aromatic heterocycles. The Morgan fingerprint density at radius 2 is 1.82 bits per heavy atom. The highest BCUT2D eigenvalue weighted by Gasteiger charge is 2.39. The monoisotopic (exact) mass is 320 g/mol. The van der Waals surface area contributed by atoms with E-state index in [1.807, 2.05) is 0 Å². The van der Waals surface area contributed by atoms with Crippen molar-refractivity contribution in [2.75, 3.05) is 19.4 Å². The minimum absolute atomic E-state index is 0.0278. The summed E-state index contributed by atoms with van der Waals surface area (Å²) in [5.41, 5.74) is 0.634. The van der Waals surface area contributed by atoms with Gasteiger partial charge in [0.1, 0.15) is 0 Å². The SMILES string of the molecule is CN(C)S(=O)(=O)c1ccc(NC(=O)[C@H]2C[C@@H]3C=C[C@H]2C3)cc1. The molecule has 3 rings (SSSR count). The molecule has 1 aromatic carbocycles. The Labute approximate surface area is 131 Å². The van der Waals surface area contributed by atoms with Gasteiger partial charge in [-0.25, -0.2) is 12.7 Å². The third-order valence-electron chi connectivity index (χ3n) is 4.52. The Balaban J connectivity index is 1.69. The van der Waals surface area contributed by atoms with Crippen LogP contribution >= 0.6 is 0 Å². The minimum Gasteiger partial charge on any atom is -0.326 e. The van der Waals surface area contributed by atoms with Crippen LogP contribution in [0.3, 0.4) is 0 Å². The fourth-order valence-corrected chi connectivity index (χ4v) is 4.14. The third kappa shape index (κ3) is 2.68. The molecule has 2 aliphatic rings. The van der Waals surface area contributed by atoms with Crippen molar-refractivity contribution in [3.63, 3.8) is 0 Å². The molecule has 0 unspecified atom stereocenters. The number of benzene rings is 1. The highest BCUT2D eigenvalue weighted by molar-refractivity contribution is 7.89. The van der Waals surface area contributed by atoms with Crippen molar-refractivity contribution in [1.82, 2.24) is 4.31 Å². The van der Waals surface area contributed by atoms with E-state index in [4.69, 9.17) is 0 Å². The van der Waals surface area contributed by atoms with Gasteiger partial charge >= 0.3 is 0 Å². The van der Waals surface area contributed by atoms with Crippen LogP contribution in [-0.2, 0) is 14.8 Å². The predicted molar refractivity (Wildman–Crippen MR) is 84.8 cm³/mol. The molecular weight excluding hydrogens is 300 g/mol. The van der Waals surface area contributed by atoms with Gasteiger partial charge in [0, 0.05) is 25.7 Å². The van der Waals surface area contributed by atoms with Crippen molar-refractivity contribution in [3.05, 3.63) is 36.4 Å². The van der Waals surface area contributed by atoms with Crippen molar-refractivity contribution in [2.45, 2.75) is 17.7 Å². The zero-order valence-corrected chi connectivity index (χ0v) is 13.5. The van der Waals surface area contributed by atoms with Crippen LogP contribution in [-0.4, -0.2) is 32.7 Å². The van der Waals surface area contributed by atoms with Crippen molar-refractivity contribution < 1.29 is 13.2 Å². The number of fused-ring (bicyclic) bond motifs is 2. The first-order chi connectivity index (χ1) is 10.4. The smallest absolute Gasteiger partial charge is 0.242 e. The van der Waals surface area contributed by atoms with Crippen LogP contribution in [0.15, 0.2) is 41.3 Å². The van der Waals surface area contributed by atoms with Crippen molar-refractivity contribution in [1.29, 1.82) is 0 Å². The number of allylic oxidation sites excluding steroid dienone is 2. The molecule has 2 bridgehead atoms. The molecule has 2 aliphatic carbocycles. The molecule has 5 nitrogen and oxygen atoms in total. The summed E-state index contributed by atoms with van der Waals surface area (Å²) in [5, 5.41) is 2.90. The van der Waals surface area contributed by atoms with Crippen LogP contribution in [0.25, 0.3) is 0 Å². The van der Waals surface area contributed by atoms with Crippen LogP contribution < -0.4 is 5.32 Å². The molecule has 1 saturated carbocycles. The van der Waals surface area contributed by atoms with E-state index < -0.39 is 10.0 Å². The van der Waals surface area contributed by atoms with E-state index in [2.05, 4.69) is 17.5 Å². The average molecular weight is 320 g/mol. The highest BCUT2D eigenvalue weighted by atomic mass is 32.2. The molecule has 1 N–H and O–H groups in total. The Bertz CT molecular complexity index is 707. The lowest BCUT2D eigenvalue weighted by atomic mass is 9.93. The molecule has 0 radical (unpaired) electrons. The van der Waals surface area contributed by atoms with Crippen LogP contribution in [0.2, 0.25) is 0 Å². The van der Waals surface area contributed by atoms with Gasteiger partial charge in [-0.2, -0.15) is 0 Å². The Kier molecular flexibility index (Phi) is 3.82. The van der Waals surface area contributed by atoms with Gasteiger partial charge in [-0.05, 0) is 48.9 Å². The zero-order chi connectivity index (χ0) is 15.9. The lowest BCUT2D eigenvalue weighted by Gasteiger charge is -2.18. The third-order valence-corrected chi connectivity index (χ3v) is 6.35. The molecule has 0 saturated heterocycles. The highest BCUT2D eigenvalue weighted by Crippen LogP contribution is 2.43. The van der Waals surface area contributed by atoms with E-state index in [1.54, 1.807) is 12.1 Å². The fourth-order valence-electron chi connectivity index (χ4n) is 3.24. The van der Waals surface area contributed by atoms with Gasteiger partial charge in [0.25, 0.3) is 0 Å². The summed E-state index contributed by atoms with van der Waals surface area (Å²) in [6.07, 6.45) is 6.35. The van der Waals surface area contributed by atoms with Crippen LogP contribution in [0.1, 0.15) is 12.8 Å². The molecule has 1 fully saturated rings. The van der Waals surface area contributed by atoms with Gasteiger partial charge < -0.3 is 5.32 Å². The predicted octanol–water partition coefficient (Wildman–Crippen LogP) is 2.09. The van der Waals surface area contributed by atoms with E-state index in [-0.39, 0.29) is 16.7 Å². The maximum Gasteiger partial charge on any atom is 0.242 e. The number of sulfonamides is 1. The second-order valence-corrected chi connectivity index (χ2v) is 8.34. The second-order valence-electron chi connectivity index (χ2n) is 6.19. The number of anilines is 1. The molecule has 22 heavy (non-hydrogen) atoms. The largest absolute Gasteiger partial charge is 0.326 e. The Morgan fingerprint density at radius 1 is 1.14 bits per heavy atom. The van der Waals surface area contributed by atoms with E-state index in [0.29, 0.717) is 17.5 Å². The van der Waals surface area contributed by atoms with E-state index in [0.717, 1.165) is 12.8 Å². The average Bonchev–Trinajstić information content (AvgIpc) is 3.10. The number of carbonyl (C=O) groups excluding carboxylic acids is 1. The maximum absolute atomic E-state index is 12.3. The standard InChI is InChI=1S/C16H20N2O3S/c1-18(2)22(20,21)14-7-5-13(6-8-14)17-16(19)15-10-11-3-4-12(15)9-11/h3-8,11-12,15H,9-10H2,1-2H3,(H,17,19)/t11-,12+,15+/m1/s1. The number of hydrogen-bond acceptors (Lipinski definition) is 3. The zero-order valence-electron chi connectivity index (χ0n) is 12.7. The molecule has 1 amide bonds. The van der Waals surface area contributed by atoms with Crippen LogP contribution in [0.4, 0.5) is 5.69 Å². The summed E-state index contributed by atoms with van der Waals surface area (Å²) in [6, 6.07) is 6.31. The van der Waals surface area contributed by atoms with E-state index in [1.165, 1.54) is 30.5 Å². The minimum atomic E-state index is -3.43. The summed E-state index contributed by atoms with van der Waals surface area (Å²) in [4.78, 5) is 12.5. The molecule has 118 valence electrons. The summed E-state index contributed by atoms with van der Waals surface area (Å²) in [7, 11) is -0.446. The van der Waals surface area contributed by atoms with Crippen molar-refractivity contribution >= 4 is 21.6 Å². The van der Waals surface area contributed by atoms with Crippen molar-refractivity contribution in [2.24, 2.45) is 17.8 Å². The number of nitrogens with zero attached hydrogens (tertiary/aromatic N) is 1. The van der Waals surface area contributed by atoms with Gasteiger partial charge in [0.05, 0.1) is 4.90 Å². The maximum atomic E-state index is 12.3. The number of nitrogens with one attached hydrogen (secondary N) is 1. The molecule has 6 heteroatoms. The van der Waals surface area contributed by atoms with Gasteiger partial charge in [-0.3, -0.25) is 4.79 Å². The molecule has 1 aromatic rings. The van der Waals surface area contributed by atoms with Crippen LogP contribution in [0.5, 0.6) is 0 Å². The molecule has 0 heterocycles. The first kappa shape index (κ1) is 15.2. The van der Waals surface area contributed by atoms with Gasteiger partial charge in [-0.1, -0.05) is 12.2 Å². The van der Waals surface area contributed by atoms with Gasteiger partial charge in [-0.15, -0.1) is 0 Å². The number of amides is 1. The summed E-state index contributed by atoms with van der Waals surface area (Å²) < 4.78 is 25.2. The summed E-state index contributed by atoms with van der Waals surface area (Å²) in [5.74, 6) is 0.979. The van der Waals surface area contributed by atoms with Gasteiger partial charge in [0.2, 0.25) is 15.9 Å².